The highest BCUT2D eigenvalue weighted by Gasteiger charge is 2.53. The van der Waals surface area contributed by atoms with Crippen molar-refractivity contribution >= 4 is 5.97 Å². The Morgan fingerprint density at radius 1 is 1.26 bits per heavy atom. The van der Waals surface area contributed by atoms with E-state index in [1.54, 1.807) is 0 Å². The van der Waals surface area contributed by atoms with Gasteiger partial charge in [0, 0.05) is 6.42 Å². The Balaban J connectivity index is 2.09. The molecule has 1 aliphatic heterocycles. The molecule has 1 aromatic rings. The lowest BCUT2D eigenvalue weighted by atomic mass is 9.89. The van der Waals surface area contributed by atoms with Gasteiger partial charge in [0.05, 0.1) is 18.6 Å². The fourth-order valence-corrected chi connectivity index (χ4v) is 2.71. The van der Waals surface area contributed by atoms with Gasteiger partial charge in [-0.15, -0.1) is 0 Å². The van der Waals surface area contributed by atoms with Gasteiger partial charge < -0.3 is 14.6 Å². The van der Waals surface area contributed by atoms with Gasteiger partial charge in [0.1, 0.15) is 0 Å². The lowest BCUT2D eigenvalue weighted by molar-refractivity contribution is -0.140. The second kappa shape index (κ2) is 4.44. The topological polar surface area (TPSA) is 55.8 Å². The van der Waals surface area contributed by atoms with Gasteiger partial charge in [-0.3, -0.25) is 4.79 Å². The van der Waals surface area contributed by atoms with Crippen molar-refractivity contribution in [2.24, 2.45) is 0 Å². The Bertz CT molecular complexity index is 517. The van der Waals surface area contributed by atoms with Crippen LogP contribution >= 0.6 is 0 Å². The maximum absolute atomic E-state index is 11.5. The van der Waals surface area contributed by atoms with Gasteiger partial charge in [-0.25, -0.2) is 0 Å². The van der Waals surface area contributed by atoms with Crippen LogP contribution in [0.5, 0.6) is 11.5 Å². The van der Waals surface area contributed by atoms with Crippen LogP contribution in [0.25, 0.3) is 0 Å². The van der Waals surface area contributed by atoms with Crippen molar-refractivity contribution in [2.75, 3.05) is 13.2 Å². The second-order valence-corrected chi connectivity index (χ2v) is 5.25. The molecule has 4 heteroatoms. The summed E-state index contributed by atoms with van der Waals surface area (Å²) >= 11 is 0. The highest BCUT2D eigenvalue weighted by molar-refractivity contribution is 5.86. The van der Waals surface area contributed by atoms with E-state index in [-0.39, 0.29) is 0 Å². The third-order valence-electron chi connectivity index (χ3n) is 4.03. The van der Waals surface area contributed by atoms with Crippen molar-refractivity contribution < 1.29 is 19.4 Å². The summed E-state index contributed by atoms with van der Waals surface area (Å²) in [7, 11) is 0. The molecule has 3 rings (SSSR count). The van der Waals surface area contributed by atoms with Gasteiger partial charge in [0.15, 0.2) is 11.5 Å². The molecule has 0 aromatic heterocycles. The number of carboxylic acid groups (broad SMARTS) is 1. The molecule has 1 heterocycles. The molecule has 0 bridgehead atoms. The maximum Gasteiger partial charge on any atom is 0.314 e. The number of ether oxygens (including phenoxy) is 2. The quantitative estimate of drug-likeness (QED) is 0.909. The van der Waals surface area contributed by atoms with Gasteiger partial charge in [-0.1, -0.05) is 6.92 Å². The Morgan fingerprint density at radius 3 is 2.42 bits per heavy atom. The first kappa shape index (κ1) is 12.3. The van der Waals surface area contributed by atoms with Crippen LogP contribution in [-0.4, -0.2) is 24.3 Å². The highest BCUT2D eigenvalue weighted by Crippen LogP contribution is 2.51. The lowest BCUT2D eigenvalue weighted by Crippen LogP contribution is -2.21. The number of carbonyl (C=O) groups is 1. The summed E-state index contributed by atoms with van der Waals surface area (Å²) in [6.45, 7) is 3.32. The van der Waals surface area contributed by atoms with Crippen molar-refractivity contribution in [1.82, 2.24) is 0 Å². The first-order valence-electron chi connectivity index (χ1n) is 6.84. The van der Waals surface area contributed by atoms with Crippen LogP contribution < -0.4 is 9.47 Å². The van der Waals surface area contributed by atoms with Crippen LogP contribution in [0.4, 0.5) is 0 Å². The third kappa shape index (κ3) is 1.95. The van der Waals surface area contributed by atoms with E-state index in [4.69, 9.17) is 9.47 Å². The molecule has 0 unspecified atom stereocenters. The van der Waals surface area contributed by atoms with E-state index in [0.717, 1.165) is 42.6 Å². The van der Waals surface area contributed by atoms with Gasteiger partial charge >= 0.3 is 5.97 Å². The number of hydrogen-bond acceptors (Lipinski definition) is 3. The van der Waals surface area contributed by atoms with E-state index >= 15 is 0 Å². The van der Waals surface area contributed by atoms with Crippen molar-refractivity contribution in [3.8, 4) is 11.5 Å². The molecule has 1 fully saturated rings. The molecule has 1 aliphatic carbocycles. The van der Waals surface area contributed by atoms with E-state index in [2.05, 4.69) is 0 Å². The Hall–Kier alpha value is -1.71. The summed E-state index contributed by atoms with van der Waals surface area (Å²) < 4.78 is 11.3. The molecule has 1 saturated carbocycles. The van der Waals surface area contributed by atoms with Crippen molar-refractivity contribution in [3.63, 3.8) is 0 Å². The standard InChI is InChI=1S/C15H18O4/c1-2-10-8-12-13(19-7-3-6-18-12)9-11(10)15(4-5-15)14(16)17/h8-9H,2-7H2,1H3,(H,16,17). The smallest absolute Gasteiger partial charge is 0.314 e. The zero-order chi connectivity index (χ0) is 13.5. The lowest BCUT2D eigenvalue weighted by Gasteiger charge is -2.18. The average Bonchev–Trinajstić information content (AvgIpc) is 3.21. The highest BCUT2D eigenvalue weighted by atomic mass is 16.5. The molecule has 0 amide bonds. The number of aliphatic carboxylic acids is 1. The minimum absolute atomic E-state index is 0.623. The van der Waals surface area contributed by atoms with Gasteiger partial charge in [0.25, 0.3) is 0 Å². The van der Waals surface area contributed by atoms with E-state index in [1.165, 1.54) is 0 Å². The van der Waals surface area contributed by atoms with Crippen LogP contribution in [0.1, 0.15) is 37.3 Å². The summed E-state index contributed by atoms with van der Waals surface area (Å²) in [5.74, 6) is 0.716. The van der Waals surface area contributed by atoms with Crippen molar-refractivity contribution in [1.29, 1.82) is 0 Å². The molecule has 1 aromatic carbocycles. The molecule has 0 atom stereocenters. The Labute approximate surface area is 112 Å². The number of aryl methyl sites for hydroxylation is 1. The van der Waals surface area contributed by atoms with E-state index in [9.17, 15) is 9.90 Å². The summed E-state index contributed by atoms with van der Waals surface area (Å²) in [6.07, 6.45) is 3.10. The molecule has 1 N–H and O–H groups in total. The first-order valence-corrected chi connectivity index (χ1v) is 6.84. The van der Waals surface area contributed by atoms with Crippen molar-refractivity contribution in [3.05, 3.63) is 23.3 Å². The Morgan fingerprint density at radius 2 is 1.89 bits per heavy atom. The summed E-state index contributed by atoms with van der Waals surface area (Å²) in [5, 5.41) is 9.46. The van der Waals surface area contributed by atoms with E-state index in [1.807, 2.05) is 19.1 Å². The average molecular weight is 262 g/mol. The molecule has 0 spiro atoms. The third-order valence-corrected chi connectivity index (χ3v) is 4.03. The maximum atomic E-state index is 11.5. The summed E-state index contributed by atoms with van der Waals surface area (Å²) in [5.41, 5.74) is 1.28. The number of fused-ring (bicyclic) bond motifs is 1. The predicted molar refractivity (Wildman–Crippen MR) is 70.0 cm³/mol. The van der Waals surface area contributed by atoms with E-state index in [0.29, 0.717) is 19.0 Å². The van der Waals surface area contributed by atoms with Gasteiger partial charge in [-0.2, -0.15) is 0 Å². The molecular weight excluding hydrogens is 244 g/mol. The molecule has 0 radical (unpaired) electrons. The summed E-state index contributed by atoms with van der Waals surface area (Å²) in [4.78, 5) is 11.5. The van der Waals surface area contributed by atoms with E-state index < -0.39 is 11.4 Å². The van der Waals surface area contributed by atoms with Crippen LogP contribution in [-0.2, 0) is 16.6 Å². The number of hydrogen-bond donors (Lipinski definition) is 1. The molecular formula is C15H18O4. The molecule has 4 nitrogen and oxygen atoms in total. The summed E-state index contributed by atoms with van der Waals surface area (Å²) in [6, 6.07) is 3.85. The molecule has 102 valence electrons. The fraction of sp³-hybridized carbons (Fsp3) is 0.533. The number of carboxylic acids is 1. The van der Waals surface area contributed by atoms with Gasteiger partial charge in [-0.05, 0) is 42.5 Å². The van der Waals surface area contributed by atoms with Crippen LogP contribution in [0.2, 0.25) is 0 Å². The second-order valence-electron chi connectivity index (χ2n) is 5.25. The van der Waals surface area contributed by atoms with Crippen LogP contribution in [0.15, 0.2) is 12.1 Å². The number of benzene rings is 1. The SMILES string of the molecule is CCc1cc2c(cc1C1(C(=O)O)CC1)OCCCO2. The molecule has 19 heavy (non-hydrogen) atoms. The van der Waals surface area contributed by atoms with Crippen LogP contribution in [0.3, 0.4) is 0 Å². The molecule has 2 aliphatic rings. The zero-order valence-electron chi connectivity index (χ0n) is 11.1. The van der Waals surface area contributed by atoms with Crippen LogP contribution in [0, 0.1) is 0 Å². The first-order chi connectivity index (χ1) is 9.17. The fourth-order valence-electron chi connectivity index (χ4n) is 2.71. The number of rotatable bonds is 3. The monoisotopic (exact) mass is 262 g/mol. The minimum Gasteiger partial charge on any atom is -0.490 e. The van der Waals surface area contributed by atoms with Gasteiger partial charge in [0.2, 0.25) is 0 Å². The van der Waals surface area contributed by atoms with Crippen molar-refractivity contribution in [2.45, 2.75) is 38.0 Å². The zero-order valence-corrected chi connectivity index (χ0v) is 11.1. The normalized spacial score (nSPS) is 19.6. The molecule has 0 saturated heterocycles. The largest absolute Gasteiger partial charge is 0.490 e. The predicted octanol–water partition coefficient (Wildman–Crippen LogP) is 2.53. The Kier molecular flexibility index (Phi) is 2.88. The minimum atomic E-state index is -0.725.